The Morgan fingerprint density at radius 1 is 1.00 bits per heavy atom. The summed E-state index contributed by atoms with van der Waals surface area (Å²) in [7, 11) is 4.63. The van der Waals surface area contributed by atoms with E-state index in [2.05, 4.69) is 32.2 Å². The van der Waals surface area contributed by atoms with Crippen LogP contribution in [-0.4, -0.2) is 79.0 Å². The summed E-state index contributed by atoms with van der Waals surface area (Å²) in [4.78, 5) is 21.0. The average molecular weight is 716 g/mol. The summed E-state index contributed by atoms with van der Waals surface area (Å²) in [5.74, 6) is 3.33. The quantitative estimate of drug-likeness (QED) is 0.110. The number of methoxy groups -OCH3 is 3. The van der Waals surface area contributed by atoms with E-state index in [4.69, 9.17) is 35.2 Å². The lowest BCUT2D eigenvalue weighted by Crippen LogP contribution is -2.40. The molecule has 270 valence electrons. The number of nitrogens with one attached hydrogen (secondary N) is 2. The fourth-order valence-corrected chi connectivity index (χ4v) is 7.11. The number of anilines is 1. The molecule has 1 atom stereocenters. The summed E-state index contributed by atoms with van der Waals surface area (Å²) < 4.78 is 24.5. The van der Waals surface area contributed by atoms with Crippen molar-refractivity contribution in [3.63, 3.8) is 0 Å². The van der Waals surface area contributed by atoms with Crippen LogP contribution in [0.25, 0.3) is 11.0 Å². The number of benzene rings is 3. The first kappa shape index (κ1) is 36.1. The van der Waals surface area contributed by atoms with E-state index in [0.29, 0.717) is 52.2 Å². The monoisotopic (exact) mass is 715 g/mol. The van der Waals surface area contributed by atoms with Crippen molar-refractivity contribution < 1.29 is 28.5 Å². The molecule has 0 spiro atoms. The maximum Gasteiger partial charge on any atom is 0.251 e. The van der Waals surface area contributed by atoms with Crippen molar-refractivity contribution in [1.29, 1.82) is 0 Å². The van der Waals surface area contributed by atoms with Gasteiger partial charge >= 0.3 is 0 Å². The van der Waals surface area contributed by atoms with Crippen LogP contribution in [0, 0.1) is 6.92 Å². The third-order valence-corrected chi connectivity index (χ3v) is 9.94. The molecule has 1 aliphatic heterocycles. The zero-order chi connectivity index (χ0) is 35.9. The number of carbonyl (C=O) groups is 1. The Bertz CT molecular complexity index is 1950. The third kappa shape index (κ3) is 8.27. The van der Waals surface area contributed by atoms with E-state index in [1.54, 1.807) is 26.4 Å². The predicted molar refractivity (Wildman–Crippen MR) is 199 cm³/mol. The molecule has 3 N–H and O–H groups in total. The molecule has 0 aliphatic carbocycles. The van der Waals surface area contributed by atoms with Gasteiger partial charge in [0.15, 0.2) is 11.5 Å². The summed E-state index contributed by atoms with van der Waals surface area (Å²) in [6.07, 6.45) is 2.79. The highest BCUT2D eigenvalue weighted by molar-refractivity contribution is 6.30. The topological polar surface area (TPSA) is 123 Å². The SMILES string of the molecule is COc1cc(C(=O)NCC(CCN2CCC(Nc3nc4ccccc4n3Cc3ccc(CO)o3)CC2)c2cccc(Cl)c2)c(C)c(OC)c1OC. The maximum atomic E-state index is 13.6. The molecule has 51 heavy (non-hydrogen) atoms. The van der Waals surface area contributed by atoms with Gasteiger partial charge in [-0.25, -0.2) is 4.98 Å². The van der Waals surface area contributed by atoms with Crippen molar-refractivity contribution in [3.8, 4) is 17.2 Å². The van der Waals surface area contributed by atoms with E-state index in [1.165, 1.54) is 7.11 Å². The summed E-state index contributed by atoms with van der Waals surface area (Å²) >= 11 is 6.42. The molecule has 0 bridgehead atoms. The van der Waals surface area contributed by atoms with E-state index < -0.39 is 0 Å². The number of hydrogen-bond acceptors (Lipinski definition) is 9. The largest absolute Gasteiger partial charge is 0.493 e. The van der Waals surface area contributed by atoms with Crippen LogP contribution in [0.4, 0.5) is 5.95 Å². The van der Waals surface area contributed by atoms with Gasteiger partial charge in [-0.2, -0.15) is 0 Å². The molecule has 1 amide bonds. The molecule has 12 heteroatoms. The Morgan fingerprint density at radius 2 is 1.76 bits per heavy atom. The fraction of sp³-hybridized carbons (Fsp3) is 0.385. The molecule has 1 unspecified atom stereocenters. The molecule has 11 nitrogen and oxygen atoms in total. The molecule has 1 saturated heterocycles. The number of aromatic nitrogens is 2. The molecule has 3 heterocycles. The summed E-state index contributed by atoms with van der Waals surface area (Å²) in [6.45, 7) is 5.43. The molecule has 6 rings (SSSR count). The number of nitrogens with zero attached hydrogens (tertiary/aromatic N) is 3. The first-order valence-corrected chi connectivity index (χ1v) is 17.6. The smallest absolute Gasteiger partial charge is 0.251 e. The number of furan rings is 1. The van der Waals surface area contributed by atoms with Crippen molar-refractivity contribution in [2.75, 3.05) is 52.8 Å². The highest BCUT2D eigenvalue weighted by Crippen LogP contribution is 2.41. The normalized spacial score (nSPS) is 14.4. The van der Waals surface area contributed by atoms with E-state index in [1.807, 2.05) is 49.4 Å². The number of amides is 1. The summed E-state index contributed by atoms with van der Waals surface area (Å²) in [5.41, 5.74) is 4.18. The van der Waals surface area contributed by atoms with Crippen LogP contribution in [0.15, 0.2) is 71.1 Å². The minimum atomic E-state index is -0.211. The number of fused-ring (bicyclic) bond motifs is 1. The second-order valence-corrected chi connectivity index (χ2v) is 13.3. The van der Waals surface area contributed by atoms with Gasteiger partial charge in [-0.3, -0.25) is 4.79 Å². The number of para-hydroxylation sites is 2. The average Bonchev–Trinajstić information content (AvgIpc) is 3.75. The van der Waals surface area contributed by atoms with Gasteiger partial charge in [0, 0.05) is 47.7 Å². The van der Waals surface area contributed by atoms with Crippen LogP contribution in [0.5, 0.6) is 17.2 Å². The Hall–Kier alpha value is -4.71. The third-order valence-electron chi connectivity index (χ3n) is 9.71. The van der Waals surface area contributed by atoms with Crippen LogP contribution in [-0.2, 0) is 13.2 Å². The predicted octanol–water partition coefficient (Wildman–Crippen LogP) is 6.64. The first-order chi connectivity index (χ1) is 24.8. The number of imidazole rings is 1. The lowest BCUT2D eigenvalue weighted by Gasteiger charge is -2.33. The zero-order valence-electron chi connectivity index (χ0n) is 29.6. The number of rotatable bonds is 15. The number of ether oxygens (including phenoxy) is 3. The van der Waals surface area contributed by atoms with Crippen molar-refractivity contribution >= 4 is 34.5 Å². The van der Waals surface area contributed by atoms with Crippen molar-refractivity contribution in [1.82, 2.24) is 19.8 Å². The fourth-order valence-electron chi connectivity index (χ4n) is 6.91. The Labute approximate surface area is 303 Å². The van der Waals surface area contributed by atoms with Gasteiger partial charge in [-0.15, -0.1) is 0 Å². The van der Waals surface area contributed by atoms with Gasteiger partial charge in [0.1, 0.15) is 18.1 Å². The number of likely N-dealkylation sites (tertiary alicyclic amines) is 1. The number of halogens is 1. The number of carbonyl (C=O) groups excluding carboxylic acids is 1. The zero-order valence-corrected chi connectivity index (χ0v) is 30.3. The molecule has 1 fully saturated rings. The summed E-state index contributed by atoms with van der Waals surface area (Å²) in [6, 6.07) is 21.6. The molecule has 1 aliphatic rings. The molecular weight excluding hydrogens is 670 g/mol. The minimum absolute atomic E-state index is 0.0544. The standard InChI is InChI=1S/C39H46ClN5O6/c1-25-32(21-35(48-2)37(50-4)36(25)49-3)38(47)41-22-27(26-8-7-9-28(40)20-26)14-17-44-18-15-29(16-19-44)42-39-43-33-10-5-6-11-34(33)45(39)23-30-12-13-31(24-46)51-30/h5-13,20-21,27,29,46H,14-19,22-24H2,1-4H3,(H,41,47)(H,42,43). The van der Waals surface area contributed by atoms with Crippen molar-refractivity contribution in [3.05, 3.63) is 100.0 Å². The van der Waals surface area contributed by atoms with Gasteiger partial charge < -0.3 is 43.8 Å². The number of piperidine rings is 1. The van der Waals surface area contributed by atoms with Gasteiger partial charge in [-0.05, 0) is 80.8 Å². The molecule has 3 aromatic carbocycles. The number of hydrogen-bond donors (Lipinski definition) is 3. The van der Waals surface area contributed by atoms with E-state index in [0.717, 1.165) is 67.2 Å². The Morgan fingerprint density at radius 3 is 2.47 bits per heavy atom. The van der Waals surface area contributed by atoms with E-state index >= 15 is 0 Å². The molecular formula is C39H46ClN5O6. The highest BCUT2D eigenvalue weighted by Gasteiger charge is 2.25. The first-order valence-electron chi connectivity index (χ1n) is 17.3. The number of aliphatic hydroxyl groups is 1. The van der Waals surface area contributed by atoms with Crippen molar-refractivity contribution in [2.45, 2.75) is 51.3 Å². The van der Waals surface area contributed by atoms with Gasteiger partial charge in [0.05, 0.1) is 38.9 Å². The Balaban J connectivity index is 1.09. The van der Waals surface area contributed by atoms with Crippen LogP contribution in [0.2, 0.25) is 5.02 Å². The molecule has 2 aromatic heterocycles. The van der Waals surface area contributed by atoms with Crippen LogP contribution < -0.4 is 24.8 Å². The van der Waals surface area contributed by atoms with Gasteiger partial charge in [0.25, 0.3) is 5.91 Å². The lowest BCUT2D eigenvalue weighted by atomic mass is 9.94. The second-order valence-electron chi connectivity index (χ2n) is 12.9. The van der Waals surface area contributed by atoms with Crippen LogP contribution in [0.3, 0.4) is 0 Å². The van der Waals surface area contributed by atoms with Crippen LogP contribution >= 0.6 is 11.6 Å². The Kier molecular flexibility index (Phi) is 11.7. The van der Waals surface area contributed by atoms with Crippen molar-refractivity contribution in [2.24, 2.45) is 0 Å². The maximum absolute atomic E-state index is 13.6. The van der Waals surface area contributed by atoms with Gasteiger partial charge in [-0.1, -0.05) is 35.9 Å². The minimum Gasteiger partial charge on any atom is -0.493 e. The van der Waals surface area contributed by atoms with E-state index in [-0.39, 0.29) is 24.5 Å². The molecule has 0 radical (unpaired) electrons. The molecule has 0 saturated carbocycles. The number of aliphatic hydroxyl groups excluding tert-OH is 1. The summed E-state index contributed by atoms with van der Waals surface area (Å²) in [5, 5.41) is 17.0. The lowest BCUT2D eigenvalue weighted by molar-refractivity contribution is 0.0948. The van der Waals surface area contributed by atoms with Gasteiger partial charge in [0.2, 0.25) is 11.7 Å². The van der Waals surface area contributed by atoms with Crippen LogP contribution in [0.1, 0.15) is 58.2 Å². The second kappa shape index (κ2) is 16.5. The molecule has 5 aromatic rings. The van der Waals surface area contributed by atoms with E-state index in [9.17, 15) is 9.90 Å². The highest BCUT2D eigenvalue weighted by atomic mass is 35.5.